The predicted octanol–water partition coefficient (Wildman–Crippen LogP) is 6.88. The lowest BCUT2D eigenvalue weighted by Crippen LogP contribution is -2.25. The molecular formula is C25H22. The fourth-order valence-electron chi connectivity index (χ4n) is 3.93. The van der Waals surface area contributed by atoms with Crippen molar-refractivity contribution in [2.75, 3.05) is 0 Å². The second-order valence-corrected chi connectivity index (χ2v) is 6.96. The monoisotopic (exact) mass is 322 g/mol. The standard InChI is InChI=1S/C25H22/c1-18(2)25(3,23-16-8-12-19-10-4-6-14-21(19)23)24-17-9-13-20-11-5-7-15-22(20)24/h4-17H,1H2,2-3H3. The molecule has 0 saturated carbocycles. The Hall–Kier alpha value is -2.86. The van der Waals surface area contributed by atoms with Crippen LogP contribution in [0.5, 0.6) is 0 Å². The van der Waals surface area contributed by atoms with E-state index in [1.165, 1.54) is 32.7 Å². The molecule has 0 unspecified atom stereocenters. The van der Waals surface area contributed by atoms with Crippen LogP contribution in [0.4, 0.5) is 0 Å². The lowest BCUT2D eigenvalue weighted by Gasteiger charge is -2.34. The van der Waals surface area contributed by atoms with Gasteiger partial charge in [-0.25, -0.2) is 0 Å². The molecule has 4 rings (SSSR count). The summed E-state index contributed by atoms with van der Waals surface area (Å²) in [6, 6.07) is 30.4. The first-order valence-corrected chi connectivity index (χ1v) is 8.75. The Morgan fingerprint density at radius 1 is 0.640 bits per heavy atom. The van der Waals surface area contributed by atoms with Crippen LogP contribution in [0.2, 0.25) is 0 Å². The van der Waals surface area contributed by atoms with E-state index >= 15 is 0 Å². The van der Waals surface area contributed by atoms with Gasteiger partial charge < -0.3 is 0 Å². The predicted molar refractivity (Wildman–Crippen MR) is 109 cm³/mol. The fourth-order valence-corrected chi connectivity index (χ4v) is 3.93. The average molecular weight is 322 g/mol. The highest BCUT2D eigenvalue weighted by Gasteiger charge is 2.32. The number of benzene rings is 4. The van der Waals surface area contributed by atoms with Crippen LogP contribution >= 0.6 is 0 Å². The van der Waals surface area contributed by atoms with E-state index in [-0.39, 0.29) is 5.41 Å². The van der Waals surface area contributed by atoms with Gasteiger partial charge >= 0.3 is 0 Å². The van der Waals surface area contributed by atoms with E-state index < -0.39 is 0 Å². The van der Waals surface area contributed by atoms with Gasteiger partial charge in [-0.2, -0.15) is 0 Å². The van der Waals surface area contributed by atoms with Crippen molar-refractivity contribution in [1.29, 1.82) is 0 Å². The molecule has 0 spiro atoms. The quantitative estimate of drug-likeness (QED) is 0.361. The van der Waals surface area contributed by atoms with Gasteiger partial charge in [-0.3, -0.25) is 0 Å². The summed E-state index contributed by atoms with van der Waals surface area (Å²) in [6.07, 6.45) is 0. The van der Waals surface area contributed by atoms with Crippen LogP contribution in [0.15, 0.2) is 97.1 Å². The van der Waals surface area contributed by atoms with Crippen LogP contribution in [-0.2, 0) is 5.41 Å². The molecule has 0 aromatic heterocycles. The first kappa shape index (κ1) is 15.7. The topological polar surface area (TPSA) is 0 Å². The molecule has 0 fully saturated rings. The van der Waals surface area contributed by atoms with Crippen LogP contribution in [0.25, 0.3) is 21.5 Å². The Bertz CT molecular complexity index is 995. The van der Waals surface area contributed by atoms with E-state index in [2.05, 4.69) is 105 Å². The van der Waals surface area contributed by atoms with Gasteiger partial charge in [0.15, 0.2) is 0 Å². The number of hydrogen-bond donors (Lipinski definition) is 0. The molecule has 0 heterocycles. The normalized spacial score (nSPS) is 11.8. The van der Waals surface area contributed by atoms with Gasteiger partial charge in [-0.1, -0.05) is 97.1 Å². The summed E-state index contributed by atoms with van der Waals surface area (Å²) < 4.78 is 0. The molecule has 0 saturated heterocycles. The molecule has 25 heavy (non-hydrogen) atoms. The summed E-state index contributed by atoms with van der Waals surface area (Å²) in [5.74, 6) is 0. The number of allylic oxidation sites excluding steroid dienone is 1. The van der Waals surface area contributed by atoms with Crippen molar-refractivity contribution in [3.63, 3.8) is 0 Å². The zero-order valence-corrected chi connectivity index (χ0v) is 14.8. The molecule has 0 aliphatic carbocycles. The summed E-state index contributed by atoms with van der Waals surface area (Å²) in [6.45, 7) is 8.84. The van der Waals surface area contributed by atoms with Crippen molar-refractivity contribution in [3.05, 3.63) is 108 Å². The Morgan fingerprint density at radius 2 is 1.04 bits per heavy atom. The molecule has 0 atom stereocenters. The number of rotatable bonds is 3. The molecule has 0 aliphatic rings. The highest BCUT2D eigenvalue weighted by atomic mass is 14.3. The molecule has 0 aliphatic heterocycles. The van der Waals surface area contributed by atoms with E-state index in [1.807, 2.05) is 0 Å². The van der Waals surface area contributed by atoms with Crippen LogP contribution in [0.1, 0.15) is 25.0 Å². The molecule has 0 bridgehead atoms. The lowest BCUT2D eigenvalue weighted by atomic mass is 9.69. The molecule has 0 radical (unpaired) electrons. The maximum Gasteiger partial charge on any atom is 0.0389 e. The maximum absolute atomic E-state index is 4.39. The molecule has 122 valence electrons. The fraction of sp³-hybridized carbons (Fsp3) is 0.120. The summed E-state index contributed by atoms with van der Waals surface area (Å²) in [5, 5.41) is 5.13. The first-order chi connectivity index (χ1) is 12.1. The van der Waals surface area contributed by atoms with E-state index in [4.69, 9.17) is 0 Å². The zero-order valence-electron chi connectivity index (χ0n) is 14.8. The molecule has 0 heteroatoms. The minimum Gasteiger partial charge on any atom is -0.0989 e. The van der Waals surface area contributed by atoms with E-state index in [9.17, 15) is 0 Å². The Morgan fingerprint density at radius 3 is 1.48 bits per heavy atom. The molecule has 0 nitrogen and oxygen atoms in total. The SMILES string of the molecule is C=C(C)C(C)(c1cccc2ccccc12)c1cccc2ccccc12. The zero-order chi connectivity index (χ0) is 17.4. The van der Waals surface area contributed by atoms with Crippen molar-refractivity contribution >= 4 is 21.5 Å². The average Bonchev–Trinajstić information content (AvgIpc) is 2.66. The largest absolute Gasteiger partial charge is 0.0989 e. The van der Waals surface area contributed by atoms with Crippen LogP contribution in [-0.4, -0.2) is 0 Å². The van der Waals surface area contributed by atoms with Crippen molar-refractivity contribution in [2.24, 2.45) is 0 Å². The third-order valence-electron chi connectivity index (χ3n) is 5.51. The van der Waals surface area contributed by atoms with Gasteiger partial charge in [0, 0.05) is 5.41 Å². The second kappa shape index (κ2) is 5.89. The Balaban J connectivity index is 2.11. The third kappa shape index (κ3) is 2.37. The van der Waals surface area contributed by atoms with Crippen LogP contribution < -0.4 is 0 Å². The minimum absolute atomic E-state index is 0.248. The Labute approximate surface area is 149 Å². The Kier molecular flexibility index (Phi) is 3.69. The van der Waals surface area contributed by atoms with Crippen molar-refractivity contribution < 1.29 is 0 Å². The first-order valence-electron chi connectivity index (χ1n) is 8.75. The van der Waals surface area contributed by atoms with E-state index in [0.717, 1.165) is 5.57 Å². The molecule has 4 aromatic carbocycles. The maximum atomic E-state index is 4.39. The molecule has 0 amide bonds. The summed E-state index contributed by atoms with van der Waals surface area (Å²) in [5.41, 5.74) is 3.53. The number of hydrogen-bond acceptors (Lipinski definition) is 0. The van der Waals surface area contributed by atoms with E-state index in [1.54, 1.807) is 0 Å². The van der Waals surface area contributed by atoms with Gasteiger partial charge in [0.2, 0.25) is 0 Å². The van der Waals surface area contributed by atoms with E-state index in [0.29, 0.717) is 0 Å². The molecule has 4 aromatic rings. The van der Waals surface area contributed by atoms with Crippen molar-refractivity contribution in [1.82, 2.24) is 0 Å². The van der Waals surface area contributed by atoms with Crippen molar-refractivity contribution in [2.45, 2.75) is 19.3 Å². The smallest absolute Gasteiger partial charge is 0.0389 e. The lowest BCUT2D eigenvalue weighted by molar-refractivity contribution is 0.689. The van der Waals surface area contributed by atoms with Crippen molar-refractivity contribution in [3.8, 4) is 0 Å². The minimum atomic E-state index is -0.248. The van der Waals surface area contributed by atoms with Gasteiger partial charge in [0.05, 0.1) is 0 Å². The van der Waals surface area contributed by atoms with Crippen LogP contribution in [0.3, 0.4) is 0 Å². The van der Waals surface area contributed by atoms with Gasteiger partial charge in [-0.15, -0.1) is 0 Å². The summed E-state index contributed by atoms with van der Waals surface area (Å²) >= 11 is 0. The highest BCUT2D eigenvalue weighted by Crippen LogP contribution is 2.43. The summed E-state index contributed by atoms with van der Waals surface area (Å²) in [7, 11) is 0. The summed E-state index contributed by atoms with van der Waals surface area (Å²) in [4.78, 5) is 0. The van der Waals surface area contributed by atoms with Crippen LogP contribution in [0, 0.1) is 0 Å². The molecule has 0 N–H and O–H groups in total. The van der Waals surface area contributed by atoms with Gasteiger partial charge in [0.1, 0.15) is 0 Å². The second-order valence-electron chi connectivity index (χ2n) is 6.96. The van der Waals surface area contributed by atoms with Gasteiger partial charge in [-0.05, 0) is 46.5 Å². The highest BCUT2D eigenvalue weighted by molar-refractivity contribution is 5.92. The third-order valence-corrected chi connectivity index (χ3v) is 5.51. The molecular weight excluding hydrogens is 300 g/mol. The van der Waals surface area contributed by atoms with Gasteiger partial charge in [0.25, 0.3) is 0 Å². The number of fused-ring (bicyclic) bond motifs is 2.